The van der Waals surface area contributed by atoms with E-state index in [0.29, 0.717) is 12.8 Å². The Morgan fingerprint density at radius 1 is 0.944 bits per heavy atom. The van der Waals surface area contributed by atoms with Crippen LogP contribution < -0.4 is 40.2 Å². The van der Waals surface area contributed by atoms with Gasteiger partial charge in [0.2, 0.25) is 11.8 Å². The van der Waals surface area contributed by atoms with Crippen molar-refractivity contribution in [2.75, 3.05) is 0 Å². The normalized spacial score (nSPS) is 17.8. The monoisotopic (exact) mass is 263 g/mol. The van der Waals surface area contributed by atoms with E-state index in [1.807, 2.05) is 0 Å². The third-order valence-corrected chi connectivity index (χ3v) is 3.38. The molecule has 5 nitrogen and oxygen atoms in total. The standard InChI is InChI=1S/C12H20N2O3.Na/c1-3-5-6-7-8-12(4-2)9(15)13-11(17)14-10(12)16;/h3-8H2,1-2H3,(H2,13,14,15,16,17);/q;+1. The number of nitrogens with one attached hydrogen (secondary N) is 2. The Labute approximate surface area is 130 Å². The van der Waals surface area contributed by atoms with Gasteiger partial charge in [0.05, 0.1) is 0 Å². The molecule has 0 atom stereocenters. The van der Waals surface area contributed by atoms with Gasteiger partial charge in [-0.15, -0.1) is 0 Å². The minimum absolute atomic E-state index is 0. The fourth-order valence-corrected chi connectivity index (χ4v) is 2.16. The number of urea groups is 1. The van der Waals surface area contributed by atoms with Crippen LogP contribution in [0.2, 0.25) is 0 Å². The number of barbiturate groups is 1. The molecule has 0 aromatic carbocycles. The summed E-state index contributed by atoms with van der Waals surface area (Å²) in [5.74, 6) is -0.907. The van der Waals surface area contributed by atoms with Gasteiger partial charge in [-0.05, 0) is 12.8 Å². The molecular formula is C12H20N2NaO3+. The zero-order chi connectivity index (χ0) is 12.9. The topological polar surface area (TPSA) is 75.3 Å². The van der Waals surface area contributed by atoms with Crippen LogP contribution in [0.25, 0.3) is 0 Å². The fraction of sp³-hybridized carbons (Fsp3) is 0.750. The van der Waals surface area contributed by atoms with Crippen LogP contribution in [-0.2, 0) is 9.59 Å². The van der Waals surface area contributed by atoms with Crippen LogP contribution in [0.15, 0.2) is 0 Å². The zero-order valence-electron chi connectivity index (χ0n) is 11.5. The van der Waals surface area contributed by atoms with E-state index in [1.54, 1.807) is 6.92 Å². The summed E-state index contributed by atoms with van der Waals surface area (Å²) in [5.41, 5.74) is -1.05. The van der Waals surface area contributed by atoms with Gasteiger partial charge in [0.1, 0.15) is 5.41 Å². The van der Waals surface area contributed by atoms with E-state index in [2.05, 4.69) is 17.6 Å². The first kappa shape index (κ1) is 17.6. The second kappa shape index (κ2) is 7.92. The summed E-state index contributed by atoms with van der Waals surface area (Å²) in [6.07, 6.45) is 4.97. The number of carbonyl (C=O) groups excluding carboxylic acids is 3. The maximum absolute atomic E-state index is 11.8. The Bertz CT molecular complexity index is 311. The minimum atomic E-state index is -1.05. The first-order chi connectivity index (χ1) is 8.06. The smallest absolute Gasteiger partial charge is 0.277 e. The molecule has 1 rings (SSSR count). The Hall–Kier alpha value is -0.390. The van der Waals surface area contributed by atoms with E-state index in [4.69, 9.17) is 0 Å². The number of hydrogen-bond acceptors (Lipinski definition) is 3. The summed E-state index contributed by atoms with van der Waals surface area (Å²) in [7, 11) is 0. The number of amides is 4. The van der Waals surface area contributed by atoms with Crippen molar-refractivity contribution in [2.45, 2.75) is 52.4 Å². The molecule has 0 bridgehead atoms. The predicted molar refractivity (Wildman–Crippen MR) is 63.2 cm³/mol. The second-order valence-corrected chi connectivity index (χ2v) is 4.48. The van der Waals surface area contributed by atoms with Crippen LogP contribution in [0.5, 0.6) is 0 Å². The van der Waals surface area contributed by atoms with Gasteiger partial charge >= 0.3 is 35.6 Å². The molecule has 1 aliphatic heterocycles. The maximum Gasteiger partial charge on any atom is 1.00 e. The van der Waals surface area contributed by atoms with Crippen LogP contribution in [0, 0.1) is 5.41 Å². The second-order valence-electron chi connectivity index (χ2n) is 4.48. The summed E-state index contributed by atoms with van der Waals surface area (Å²) < 4.78 is 0. The summed E-state index contributed by atoms with van der Waals surface area (Å²) in [4.78, 5) is 34.7. The number of rotatable bonds is 6. The largest absolute Gasteiger partial charge is 1.00 e. The molecule has 2 N–H and O–H groups in total. The van der Waals surface area contributed by atoms with Gasteiger partial charge in [-0.3, -0.25) is 20.2 Å². The van der Waals surface area contributed by atoms with E-state index >= 15 is 0 Å². The Morgan fingerprint density at radius 3 is 1.94 bits per heavy atom. The van der Waals surface area contributed by atoms with Crippen LogP contribution in [-0.4, -0.2) is 17.8 Å². The molecule has 0 aromatic heterocycles. The molecule has 0 spiro atoms. The Morgan fingerprint density at radius 2 is 1.50 bits per heavy atom. The van der Waals surface area contributed by atoms with Crippen LogP contribution in [0.1, 0.15) is 52.4 Å². The van der Waals surface area contributed by atoms with Gasteiger partial charge < -0.3 is 0 Å². The molecule has 96 valence electrons. The summed E-state index contributed by atoms with van der Waals surface area (Å²) in [5, 5.41) is 4.37. The van der Waals surface area contributed by atoms with Crippen LogP contribution in [0.4, 0.5) is 4.79 Å². The molecular weight excluding hydrogens is 243 g/mol. The average molecular weight is 263 g/mol. The Balaban J connectivity index is 0.00000289. The molecule has 0 saturated carbocycles. The van der Waals surface area contributed by atoms with Gasteiger partial charge in [-0.25, -0.2) is 4.79 Å². The van der Waals surface area contributed by atoms with Gasteiger partial charge in [0.25, 0.3) is 0 Å². The van der Waals surface area contributed by atoms with Crippen molar-refractivity contribution in [3.8, 4) is 0 Å². The number of unbranched alkanes of at least 4 members (excludes halogenated alkanes) is 3. The van der Waals surface area contributed by atoms with E-state index in [0.717, 1.165) is 25.7 Å². The van der Waals surface area contributed by atoms with E-state index in [1.165, 1.54) is 0 Å². The number of carbonyl (C=O) groups is 3. The molecule has 0 unspecified atom stereocenters. The molecule has 0 aromatic rings. The fourth-order valence-electron chi connectivity index (χ4n) is 2.16. The predicted octanol–water partition coefficient (Wildman–Crippen LogP) is -1.28. The average Bonchev–Trinajstić information content (AvgIpc) is 2.27. The summed E-state index contributed by atoms with van der Waals surface area (Å²) >= 11 is 0. The molecule has 1 saturated heterocycles. The first-order valence-electron chi connectivity index (χ1n) is 6.23. The van der Waals surface area contributed by atoms with Crippen molar-refractivity contribution in [2.24, 2.45) is 5.41 Å². The Kier molecular flexibility index (Phi) is 7.75. The van der Waals surface area contributed by atoms with Crippen molar-refractivity contribution in [1.29, 1.82) is 0 Å². The number of imide groups is 2. The summed E-state index contributed by atoms with van der Waals surface area (Å²) in [6, 6.07) is -0.711. The van der Waals surface area contributed by atoms with Crippen molar-refractivity contribution >= 4 is 17.8 Å². The van der Waals surface area contributed by atoms with Crippen LogP contribution >= 0.6 is 0 Å². The SMILES string of the molecule is CCCCCCC1(CC)C(=O)NC(=O)NC1=O.[Na+]. The quantitative estimate of drug-likeness (QED) is 0.356. The maximum atomic E-state index is 11.8. The van der Waals surface area contributed by atoms with Gasteiger partial charge in [0.15, 0.2) is 0 Å². The van der Waals surface area contributed by atoms with Gasteiger partial charge in [-0.2, -0.15) is 0 Å². The molecule has 1 heterocycles. The molecule has 1 aliphatic rings. The van der Waals surface area contributed by atoms with E-state index in [9.17, 15) is 14.4 Å². The molecule has 6 heteroatoms. The van der Waals surface area contributed by atoms with Gasteiger partial charge in [-0.1, -0.05) is 39.5 Å². The van der Waals surface area contributed by atoms with E-state index in [-0.39, 0.29) is 29.6 Å². The molecule has 0 radical (unpaired) electrons. The van der Waals surface area contributed by atoms with Crippen molar-refractivity contribution in [3.05, 3.63) is 0 Å². The molecule has 18 heavy (non-hydrogen) atoms. The van der Waals surface area contributed by atoms with Gasteiger partial charge in [0, 0.05) is 0 Å². The molecule has 0 aliphatic carbocycles. The molecule has 1 fully saturated rings. The van der Waals surface area contributed by atoms with Crippen molar-refractivity contribution in [3.63, 3.8) is 0 Å². The van der Waals surface area contributed by atoms with Crippen molar-refractivity contribution in [1.82, 2.24) is 10.6 Å². The first-order valence-corrected chi connectivity index (χ1v) is 6.23. The van der Waals surface area contributed by atoms with Crippen LogP contribution in [0.3, 0.4) is 0 Å². The zero-order valence-corrected chi connectivity index (χ0v) is 13.5. The summed E-state index contributed by atoms with van der Waals surface area (Å²) in [6.45, 7) is 3.91. The van der Waals surface area contributed by atoms with Crippen molar-refractivity contribution < 1.29 is 43.9 Å². The number of hydrogen-bond donors (Lipinski definition) is 2. The van der Waals surface area contributed by atoms with E-state index < -0.39 is 23.3 Å². The third kappa shape index (κ3) is 3.80. The third-order valence-electron chi connectivity index (χ3n) is 3.38. The minimum Gasteiger partial charge on any atom is -0.277 e. The molecule has 4 amide bonds.